The quantitative estimate of drug-likeness (QED) is 0.138. The van der Waals surface area contributed by atoms with Gasteiger partial charge in [-0.2, -0.15) is 0 Å². The summed E-state index contributed by atoms with van der Waals surface area (Å²) in [6.45, 7) is 3.92. The summed E-state index contributed by atoms with van der Waals surface area (Å²) >= 11 is 0. The van der Waals surface area contributed by atoms with Gasteiger partial charge < -0.3 is 30.5 Å². The molecular weight excluding hydrogens is 444 g/mol. The number of nitrogens with zero attached hydrogens (tertiary/aromatic N) is 5. The van der Waals surface area contributed by atoms with Gasteiger partial charge in [-0.15, -0.1) is 0 Å². The fraction of sp³-hybridized carbons (Fsp3) is 0.320. The lowest BCUT2D eigenvalue weighted by molar-refractivity contribution is -0.197. The van der Waals surface area contributed by atoms with Gasteiger partial charge in [0.1, 0.15) is 23.6 Å². The van der Waals surface area contributed by atoms with Gasteiger partial charge in [0.15, 0.2) is 5.79 Å². The van der Waals surface area contributed by atoms with Gasteiger partial charge in [-0.1, -0.05) is 12.1 Å². The van der Waals surface area contributed by atoms with E-state index in [4.69, 9.17) is 16.3 Å². The van der Waals surface area contributed by atoms with E-state index < -0.39 is 5.79 Å². The number of benzene rings is 1. The van der Waals surface area contributed by atoms with Gasteiger partial charge in [0.25, 0.3) is 0 Å². The maximum Gasteiger partial charge on any atom is 0.160 e. The summed E-state index contributed by atoms with van der Waals surface area (Å²) in [6.07, 6.45) is 6.06. The minimum atomic E-state index is -1.26. The maximum absolute atomic E-state index is 10.4. The van der Waals surface area contributed by atoms with Crippen LogP contribution in [0.5, 0.6) is 0 Å². The second kappa shape index (κ2) is 8.81. The summed E-state index contributed by atoms with van der Waals surface area (Å²) in [5, 5.41) is 12.3. The third-order valence-electron chi connectivity index (χ3n) is 6.29. The molecule has 10 nitrogen and oxygen atoms in total. The highest BCUT2D eigenvalue weighted by molar-refractivity contribution is 5.86. The summed E-state index contributed by atoms with van der Waals surface area (Å²) in [4.78, 5) is 15.2. The number of hydrazine groups is 1. The third-order valence-corrected chi connectivity index (χ3v) is 6.29. The Kier molecular flexibility index (Phi) is 5.79. The molecule has 0 fully saturated rings. The molecule has 3 aromatic heterocycles. The van der Waals surface area contributed by atoms with Crippen LogP contribution in [0.25, 0.3) is 21.9 Å². The third kappa shape index (κ3) is 4.63. The van der Waals surface area contributed by atoms with Crippen molar-refractivity contribution in [2.24, 2.45) is 5.84 Å². The fourth-order valence-corrected chi connectivity index (χ4v) is 4.66. The minimum Gasteiger partial charge on any atom is -0.383 e. The lowest BCUT2D eigenvalue weighted by Gasteiger charge is -2.28. The van der Waals surface area contributed by atoms with Crippen LogP contribution in [0.15, 0.2) is 60.6 Å². The number of allylic oxidation sites excluding steroid dienone is 1. The molecule has 5 rings (SSSR count). The molecule has 0 saturated heterocycles. The molecule has 3 heterocycles. The Bertz CT molecular complexity index is 1410. The Hall–Kier alpha value is -3.73. The highest BCUT2D eigenvalue weighted by Crippen LogP contribution is 2.36. The van der Waals surface area contributed by atoms with Crippen LogP contribution in [-0.4, -0.2) is 50.1 Å². The average molecular weight is 475 g/mol. The Morgan fingerprint density at radius 3 is 2.80 bits per heavy atom. The molecule has 0 spiro atoms. The van der Waals surface area contributed by atoms with Crippen molar-refractivity contribution in [1.29, 1.82) is 0 Å². The molecule has 35 heavy (non-hydrogen) atoms. The Morgan fingerprint density at radius 2 is 2.03 bits per heavy atom. The highest BCUT2D eigenvalue weighted by atomic mass is 16.6. The molecule has 182 valence electrons. The van der Waals surface area contributed by atoms with Crippen LogP contribution in [-0.2, 0) is 4.74 Å². The van der Waals surface area contributed by atoms with Crippen molar-refractivity contribution in [3.05, 3.63) is 60.6 Å². The van der Waals surface area contributed by atoms with Crippen LogP contribution >= 0.6 is 0 Å². The van der Waals surface area contributed by atoms with E-state index in [-0.39, 0.29) is 12.1 Å². The van der Waals surface area contributed by atoms with E-state index in [2.05, 4.69) is 42.0 Å². The van der Waals surface area contributed by atoms with Crippen molar-refractivity contribution < 1.29 is 9.84 Å². The molecule has 6 N–H and O–H groups in total. The number of ether oxygens (including phenoxy) is 1. The number of nitrogens with one attached hydrogen (secondary N) is 1. The van der Waals surface area contributed by atoms with Gasteiger partial charge in [-0.3, -0.25) is 0 Å². The molecule has 0 bridgehead atoms. The predicted octanol–water partition coefficient (Wildman–Crippen LogP) is 2.97. The fourth-order valence-electron chi connectivity index (χ4n) is 4.66. The topological polar surface area (TPSA) is 140 Å². The van der Waals surface area contributed by atoms with Crippen molar-refractivity contribution >= 4 is 39.3 Å². The SMILES string of the molecule is CN(CC1=CC(n2ccc3c(N)ncnc32)C[C@@H]1OC(C)(C)O)c1ccc2ccc(NN)nc2c1. The minimum absolute atomic E-state index is 0.00834. The Balaban J connectivity index is 1.45. The summed E-state index contributed by atoms with van der Waals surface area (Å²) in [6, 6.07) is 11.9. The number of anilines is 3. The van der Waals surface area contributed by atoms with Crippen molar-refractivity contribution in [1.82, 2.24) is 19.5 Å². The van der Waals surface area contributed by atoms with Crippen molar-refractivity contribution in [2.45, 2.75) is 38.2 Å². The number of hydrogen-bond donors (Lipinski definition) is 4. The van der Waals surface area contributed by atoms with Gasteiger partial charge >= 0.3 is 0 Å². The smallest absolute Gasteiger partial charge is 0.160 e. The van der Waals surface area contributed by atoms with Gasteiger partial charge in [-0.05, 0) is 49.8 Å². The number of likely N-dealkylation sites (N-methyl/N-ethyl adjacent to an activating group) is 1. The van der Waals surface area contributed by atoms with E-state index in [1.807, 2.05) is 43.6 Å². The number of aromatic nitrogens is 4. The van der Waals surface area contributed by atoms with E-state index in [9.17, 15) is 5.11 Å². The summed E-state index contributed by atoms with van der Waals surface area (Å²) < 4.78 is 8.15. The van der Waals surface area contributed by atoms with Crippen molar-refractivity contribution in [3.63, 3.8) is 0 Å². The number of nitrogen functional groups attached to an aromatic ring is 2. The molecule has 0 saturated carbocycles. The zero-order valence-electron chi connectivity index (χ0n) is 20.0. The van der Waals surface area contributed by atoms with Crippen molar-refractivity contribution in [2.75, 3.05) is 29.7 Å². The van der Waals surface area contributed by atoms with Gasteiger partial charge in [0.2, 0.25) is 0 Å². The van der Waals surface area contributed by atoms with Gasteiger partial charge in [0.05, 0.1) is 23.0 Å². The number of fused-ring (bicyclic) bond motifs is 2. The second-order valence-electron chi connectivity index (χ2n) is 9.39. The standard InChI is InChI=1S/C25H30N8O2/c1-25(2,34)35-21-12-18(33-9-8-19-23(26)28-14-29-24(19)33)10-16(21)13-32(3)17-6-4-15-5-7-22(31-27)30-20(15)11-17/h4-11,14,18,21,34H,12-13,27H2,1-3H3,(H,30,31)(H2,26,28,29)/t18?,21-/m0/s1. The molecule has 0 radical (unpaired) electrons. The Labute approximate surface area is 203 Å². The first-order chi connectivity index (χ1) is 16.7. The van der Waals surface area contributed by atoms with E-state index in [1.54, 1.807) is 13.8 Å². The first kappa shape index (κ1) is 23.0. The van der Waals surface area contributed by atoms with Crippen LogP contribution < -0.4 is 21.9 Å². The van der Waals surface area contributed by atoms with Gasteiger partial charge in [-0.25, -0.2) is 20.8 Å². The predicted molar refractivity (Wildman–Crippen MR) is 138 cm³/mol. The van der Waals surface area contributed by atoms with Gasteiger partial charge in [0, 0.05) is 37.3 Å². The number of rotatable bonds is 7. The van der Waals surface area contributed by atoms with E-state index in [0.717, 1.165) is 33.2 Å². The molecule has 2 atom stereocenters. The van der Waals surface area contributed by atoms with E-state index in [0.29, 0.717) is 24.6 Å². The van der Waals surface area contributed by atoms with Crippen LogP contribution in [0.4, 0.5) is 17.3 Å². The monoisotopic (exact) mass is 474 g/mol. The first-order valence-electron chi connectivity index (χ1n) is 11.5. The number of nitrogens with two attached hydrogens (primary N) is 2. The van der Waals surface area contributed by atoms with Crippen LogP contribution in [0.3, 0.4) is 0 Å². The molecule has 10 heteroatoms. The lowest BCUT2D eigenvalue weighted by atomic mass is 10.1. The average Bonchev–Trinajstić information content (AvgIpc) is 3.42. The second-order valence-corrected chi connectivity index (χ2v) is 9.39. The Morgan fingerprint density at radius 1 is 1.23 bits per heavy atom. The molecular formula is C25H30N8O2. The highest BCUT2D eigenvalue weighted by Gasteiger charge is 2.33. The molecule has 1 unspecified atom stereocenters. The maximum atomic E-state index is 10.4. The molecule has 1 aliphatic carbocycles. The summed E-state index contributed by atoms with van der Waals surface area (Å²) in [7, 11) is 2.03. The normalized spacial score (nSPS) is 18.3. The molecule has 4 aromatic rings. The number of aliphatic hydroxyl groups is 1. The van der Waals surface area contributed by atoms with Crippen LogP contribution in [0, 0.1) is 0 Å². The number of pyridine rings is 1. The molecule has 1 aromatic carbocycles. The molecule has 0 aliphatic heterocycles. The lowest BCUT2D eigenvalue weighted by Crippen LogP contribution is -2.33. The van der Waals surface area contributed by atoms with Crippen LogP contribution in [0.1, 0.15) is 26.3 Å². The molecule has 1 aliphatic rings. The van der Waals surface area contributed by atoms with E-state index >= 15 is 0 Å². The van der Waals surface area contributed by atoms with Crippen LogP contribution in [0.2, 0.25) is 0 Å². The van der Waals surface area contributed by atoms with E-state index in [1.165, 1.54) is 6.33 Å². The first-order valence-corrected chi connectivity index (χ1v) is 11.5. The zero-order chi connectivity index (χ0) is 24.7. The summed E-state index contributed by atoms with van der Waals surface area (Å²) in [5.41, 5.74) is 12.3. The summed E-state index contributed by atoms with van der Waals surface area (Å²) in [5.74, 6) is 5.33. The zero-order valence-corrected chi connectivity index (χ0v) is 20.0. The molecule has 0 amide bonds. The number of hydrogen-bond acceptors (Lipinski definition) is 9. The largest absolute Gasteiger partial charge is 0.383 e. The van der Waals surface area contributed by atoms with Crippen molar-refractivity contribution in [3.8, 4) is 0 Å².